The summed E-state index contributed by atoms with van der Waals surface area (Å²) in [7, 11) is 0. The van der Waals surface area contributed by atoms with Crippen LogP contribution in [0, 0.1) is 5.82 Å². The van der Waals surface area contributed by atoms with Crippen LogP contribution in [0.25, 0.3) is 11.3 Å². The van der Waals surface area contributed by atoms with E-state index in [-0.39, 0.29) is 11.7 Å². The molecule has 0 saturated carbocycles. The van der Waals surface area contributed by atoms with E-state index < -0.39 is 0 Å². The van der Waals surface area contributed by atoms with Gasteiger partial charge in [-0.2, -0.15) is 5.10 Å². The van der Waals surface area contributed by atoms with Gasteiger partial charge in [0, 0.05) is 12.1 Å². The summed E-state index contributed by atoms with van der Waals surface area (Å²) in [5.41, 5.74) is 4.04. The summed E-state index contributed by atoms with van der Waals surface area (Å²) >= 11 is 0. The Morgan fingerprint density at radius 1 is 1.12 bits per heavy atom. The van der Waals surface area contributed by atoms with E-state index in [1.54, 1.807) is 18.2 Å². The van der Waals surface area contributed by atoms with Gasteiger partial charge in [0.1, 0.15) is 11.5 Å². The van der Waals surface area contributed by atoms with Gasteiger partial charge in [0.2, 0.25) is 0 Å². The number of nitrogens with zero attached hydrogens (tertiary/aromatic N) is 1. The zero-order valence-corrected chi connectivity index (χ0v) is 14.2. The van der Waals surface area contributed by atoms with Crippen LogP contribution in [0.1, 0.15) is 41.4 Å². The number of hydrogen-bond donors (Lipinski definition) is 2. The molecule has 25 heavy (non-hydrogen) atoms. The number of carbonyl (C=O) groups is 1. The maximum absolute atomic E-state index is 13.0. The minimum Gasteiger partial charge on any atom is -0.347 e. The van der Waals surface area contributed by atoms with Gasteiger partial charge in [-0.05, 0) is 47.4 Å². The molecule has 2 aromatic carbocycles. The highest BCUT2D eigenvalue weighted by Crippen LogP contribution is 2.18. The Bertz CT molecular complexity index is 851. The average molecular weight is 337 g/mol. The van der Waals surface area contributed by atoms with Crippen molar-refractivity contribution in [3.63, 3.8) is 0 Å². The van der Waals surface area contributed by atoms with Crippen LogP contribution >= 0.6 is 0 Å². The number of carbonyl (C=O) groups excluding carboxylic acids is 1. The van der Waals surface area contributed by atoms with Crippen molar-refractivity contribution in [3.05, 3.63) is 77.2 Å². The summed E-state index contributed by atoms with van der Waals surface area (Å²) in [6.45, 7) is 4.74. The molecule has 1 aromatic heterocycles. The van der Waals surface area contributed by atoms with E-state index in [9.17, 15) is 9.18 Å². The molecule has 0 aliphatic rings. The van der Waals surface area contributed by atoms with Crippen LogP contribution in [0.3, 0.4) is 0 Å². The SMILES string of the molecule is CC(C)c1ccc(CNC(=O)c2cc(-c3ccc(F)cc3)n[nH]2)cc1. The molecule has 0 aliphatic carbocycles. The summed E-state index contributed by atoms with van der Waals surface area (Å²) in [6.07, 6.45) is 0. The molecule has 0 radical (unpaired) electrons. The quantitative estimate of drug-likeness (QED) is 0.730. The van der Waals surface area contributed by atoms with Crippen molar-refractivity contribution in [2.24, 2.45) is 0 Å². The Labute approximate surface area is 146 Å². The largest absolute Gasteiger partial charge is 0.347 e. The Hall–Kier alpha value is -2.95. The van der Waals surface area contributed by atoms with Crippen LogP contribution in [0.4, 0.5) is 4.39 Å². The van der Waals surface area contributed by atoms with Crippen molar-refractivity contribution in [1.29, 1.82) is 0 Å². The summed E-state index contributed by atoms with van der Waals surface area (Å²) in [5.74, 6) is -0.0481. The van der Waals surface area contributed by atoms with Gasteiger partial charge in [-0.15, -0.1) is 0 Å². The van der Waals surface area contributed by atoms with Crippen LogP contribution in [0.15, 0.2) is 54.6 Å². The van der Waals surface area contributed by atoms with E-state index >= 15 is 0 Å². The van der Waals surface area contributed by atoms with Crippen molar-refractivity contribution in [2.75, 3.05) is 0 Å². The molecule has 2 N–H and O–H groups in total. The standard InChI is InChI=1S/C20H20FN3O/c1-13(2)15-5-3-14(4-6-15)12-22-20(25)19-11-18(23-24-19)16-7-9-17(21)10-8-16/h3-11,13H,12H2,1-2H3,(H,22,25)(H,23,24). The summed E-state index contributed by atoms with van der Waals surface area (Å²) in [6, 6.07) is 15.8. The van der Waals surface area contributed by atoms with Crippen LogP contribution in [0.5, 0.6) is 0 Å². The fourth-order valence-electron chi connectivity index (χ4n) is 2.50. The van der Waals surface area contributed by atoms with Crippen LogP contribution in [0.2, 0.25) is 0 Å². The number of amides is 1. The molecule has 0 saturated heterocycles. The summed E-state index contributed by atoms with van der Waals surface area (Å²) in [5, 5.41) is 9.71. The number of nitrogens with one attached hydrogen (secondary N) is 2. The van der Waals surface area contributed by atoms with Gasteiger partial charge in [0.05, 0.1) is 5.69 Å². The number of hydrogen-bond acceptors (Lipinski definition) is 2. The molecule has 0 aliphatic heterocycles. The molecule has 0 spiro atoms. The number of H-pyrrole nitrogens is 1. The van der Waals surface area contributed by atoms with Gasteiger partial charge in [0.25, 0.3) is 5.91 Å². The first-order valence-electron chi connectivity index (χ1n) is 8.21. The Morgan fingerprint density at radius 2 is 1.80 bits per heavy atom. The first-order chi connectivity index (χ1) is 12.0. The summed E-state index contributed by atoms with van der Waals surface area (Å²) < 4.78 is 13.0. The van der Waals surface area contributed by atoms with E-state index in [2.05, 4.69) is 41.5 Å². The number of aromatic nitrogens is 2. The highest BCUT2D eigenvalue weighted by Gasteiger charge is 2.11. The van der Waals surface area contributed by atoms with E-state index in [0.29, 0.717) is 23.9 Å². The number of rotatable bonds is 5. The topological polar surface area (TPSA) is 57.8 Å². The molecule has 1 heterocycles. The predicted octanol–water partition coefficient (Wildman–Crippen LogP) is 4.27. The molecule has 0 unspecified atom stereocenters. The minimum atomic E-state index is -0.305. The first-order valence-corrected chi connectivity index (χ1v) is 8.21. The van der Waals surface area contributed by atoms with Crippen LogP contribution in [-0.2, 0) is 6.54 Å². The number of benzene rings is 2. The second-order valence-corrected chi connectivity index (χ2v) is 6.25. The third kappa shape index (κ3) is 4.12. The Balaban J connectivity index is 1.63. The van der Waals surface area contributed by atoms with Gasteiger partial charge in [-0.1, -0.05) is 38.1 Å². The molecular weight excluding hydrogens is 317 g/mol. The predicted molar refractivity (Wildman–Crippen MR) is 95.7 cm³/mol. The van der Waals surface area contributed by atoms with Crippen molar-refractivity contribution in [2.45, 2.75) is 26.3 Å². The molecule has 3 rings (SSSR count). The zero-order valence-electron chi connectivity index (χ0n) is 14.2. The molecule has 0 atom stereocenters. The average Bonchev–Trinajstić information content (AvgIpc) is 3.11. The summed E-state index contributed by atoms with van der Waals surface area (Å²) in [4.78, 5) is 12.2. The van der Waals surface area contributed by atoms with Gasteiger partial charge >= 0.3 is 0 Å². The first kappa shape index (κ1) is 16.9. The number of halogens is 1. The lowest BCUT2D eigenvalue weighted by atomic mass is 10.0. The van der Waals surface area contributed by atoms with Gasteiger partial charge in [0.15, 0.2) is 0 Å². The van der Waals surface area contributed by atoms with Crippen molar-refractivity contribution < 1.29 is 9.18 Å². The minimum absolute atomic E-state index is 0.228. The second kappa shape index (κ2) is 7.30. The third-order valence-corrected chi connectivity index (χ3v) is 4.06. The second-order valence-electron chi connectivity index (χ2n) is 6.25. The monoisotopic (exact) mass is 337 g/mol. The number of aromatic amines is 1. The van der Waals surface area contributed by atoms with Crippen molar-refractivity contribution >= 4 is 5.91 Å². The van der Waals surface area contributed by atoms with Gasteiger partial charge in [-0.3, -0.25) is 9.89 Å². The van der Waals surface area contributed by atoms with Crippen molar-refractivity contribution in [3.8, 4) is 11.3 Å². The third-order valence-electron chi connectivity index (χ3n) is 4.06. The smallest absolute Gasteiger partial charge is 0.269 e. The molecule has 5 heteroatoms. The normalized spacial score (nSPS) is 10.9. The van der Waals surface area contributed by atoms with Crippen molar-refractivity contribution in [1.82, 2.24) is 15.5 Å². The highest BCUT2D eigenvalue weighted by atomic mass is 19.1. The highest BCUT2D eigenvalue weighted by molar-refractivity contribution is 5.93. The van der Waals surface area contributed by atoms with E-state index in [0.717, 1.165) is 11.1 Å². The van der Waals surface area contributed by atoms with E-state index in [4.69, 9.17) is 0 Å². The molecule has 1 amide bonds. The maximum atomic E-state index is 13.0. The molecule has 0 fully saturated rings. The molecule has 0 bridgehead atoms. The lowest BCUT2D eigenvalue weighted by Crippen LogP contribution is -2.23. The molecule has 3 aromatic rings. The van der Waals surface area contributed by atoms with Crippen LogP contribution in [-0.4, -0.2) is 16.1 Å². The lowest BCUT2D eigenvalue weighted by molar-refractivity contribution is 0.0946. The Kier molecular flexibility index (Phi) is 4.93. The lowest BCUT2D eigenvalue weighted by Gasteiger charge is -2.07. The van der Waals surface area contributed by atoms with Crippen LogP contribution < -0.4 is 5.32 Å². The Morgan fingerprint density at radius 3 is 2.44 bits per heavy atom. The molecule has 4 nitrogen and oxygen atoms in total. The maximum Gasteiger partial charge on any atom is 0.269 e. The molecular formula is C20H20FN3O. The zero-order chi connectivity index (χ0) is 17.8. The van der Waals surface area contributed by atoms with E-state index in [1.807, 2.05) is 12.1 Å². The fraction of sp³-hybridized carbons (Fsp3) is 0.200. The van der Waals surface area contributed by atoms with Gasteiger partial charge < -0.3 is 5.32 Å². The van der Waals surface area contributed by atoms with E-state index in [1.165, 1.54) is 17.7 Å². The van der Waals surface area contributed by atoms with Gasteiger partial charge in [-0.25, -0.2) is 4.39 Å². The fourth-order valence-corrected chi connectivity index (χ4v) is 2.50. The molecule has 128 valence electrons.